The van der Waals surface area contributed by atoms with Crippen molar-refractivity contribution in [2.75, 3.05) is 0 Å². The molecule has 0 saturated carbocycles. The Morgan fingerprint density at radius 2 is 1.87 bits per heavy atom. The Morgan fingerprint density at radius 1 is 1.17 bits per heavy atom. The number of benzene rings is 1. The molecular weight excluding hydrogens is 304 g/mol. The summed E-state index contributed by atoms with van der Waals surface area (Å²) < 4.78 is 0. The predicted octanol–water partition coefficient (Wildman–Crippen LogP) is -0.680. The summed E-state index contributed by atoms with van der Waals surface area (Å²) in [6, 6.07) is 2.93. The van der Waals surface area contributed by atoms with Crippen molar-refractivity contribution in [1.29, 1.82) is 0 Å². The Balaban J connectivity index is 1.96. The van der Waals surface area contributed by atoms with Crippen LogP contribution in [0.15, 0.2) is 18.2 Å². The Labute approximate surface area is 130 Å². The second-order valence-electron chi connectivity index (χ2n) is 5.33. The van der Waals surface area contributed by atoms with Gasteiger partial charge in [0.15, 0.2) is 6.29 Å². The van der Waals surface area contributed by atoms with Crippen molar-refractivity contribution < 1.29 is 29.1 Å². The van der Waals surface area contributed by atoms with Gasteiger partial charge in [-0.05, 0) is 24.1 Å². The van der Waals surface area contributed by atoms with Gasteiger partial charge in [0.2, 0.25) is 11.8 Å². The number of aliphatic hydroxyl groups excluding tert-OH is 1. The minimum atomic E-state index is -1.40. The number of hydrogen-bond donors (Lipinski definition) is 2. The minimum absolute atomic E-state index is 0.0260. The molecule has 1 aromatic rings. The molecule has 2 atom stereocenters. The van der Waals surface area contributed by atoms with Crippen LogP contribution in [0.4, 0.5) is 0 Å². The Bertz CT molecular complexity index is 756. The van der Waals surface area contributed by atoms with Crippen molar-refractivity contribution in [2.45, 2.75) is 25.0 Å². The van der Waals surface area contributed by atoms with Gasteiger partial charge in [0.1, 0.15) is 12.1 Å². The Kier molecular flexibility index (Phi) is 3.53. The summed E-state index contributed by atoms with van der Waals surface area (Å²) in [6.45, 7) is 0. The maximum Gasteiger partial charge on any atom is 0.262 e. The van der Waals surface area contributed by atoms with Crippen LogP contribution in [0.2, 0.25) is 0 Å². The van der Waals surface area contributed by atoms with Crippen LogP contribution in [0.1, 0.15) is 45.2 Å². The van der Waals surface area contributed by atoms with E-state index in [9.17, 15) is 29.1 Å². The number of carbonyl (C=O) groups is 5. The highest BCUT2D eigenvalue weighted by atomic mass is 16.3. The molecule has 23 heavy (non-hydrogen) atoms. The second kappa shape index (κ2) is 5.40. The van der Waals surface area contributed by atoms with Gasteiger partial charge in [-0.2, -0.15) is 0 Å². The van der Waals surface area contributed by atoms with Crippen molar-refractivity contribution in [3.05, 3.63) is 34.9 Å². The van der Waals surface area contributed by atoms with Crippen molar-refractivity contribution in [3.63, 3.8) is 0 Å². The predicted molar refractivity (Wildman–Crippen MR) is 74.1 cm³/mol. The molecule has 0 aliphatic carbocycles. The molecule has 1 saturated heterocycles. The van der Waals surface area contributed by atoms with E-state index in [-0.39, 0.29) is 29.5 Å². The number of fused-ring (bicyclic) bond motifs is 1. The molecule has 3 rings (SSSR count). The largest absolute Gasteiger partial charge is 0.381 e. The third kappa shape index (κ3) is 2.33. The van der Waals surface area contributed by atoms with Gasteiger partial charge in [-0.1, -0.05) is 6.07 Å². The summed E-state index contributed by atoms with van der Waals surface area (Å²) in [5, 5.41) is 11.6. The first kappa shape index (κ1) is 15.0. The summed E-state index contributed by atoms with van der Waals surface area (Å²) in [6.07, 6.45) is -0.979. The van der Waals surface area contributed by atoms with E-state index < -0.39 is 35.8 Å². The van der Waals surface area contributed by atoms with Gasteiger partial charge in [-0.3, -0.25) is 29.4 Å². The zero-order valence-electron chi connectivity index (χ0n) is 11.8. The normalized spacial score (nSPS) is 22.0. The van der Waals surface area contributed by atoms with Gasteiger partial charge in [0, 0.05) is 6.42 Å². The lowest BCUT2D eigenvalue weighted by atomic mass is 10.0. The number of hydrogen-bond acceptors (Lipinski definition) is 6. The van der Waals surface area contributed by atoms with Crippen molar-refractivity contribution >= 4 is 29.9 Å². The summed E-state index contributed by atoms with van der Waals surface area (Å²) >= 11 is 0. The van der Waals surface area contributed by atoms with Crippen LogP contribution in [0.3, 0.4) is 0 Å². The van der Waals surface area contributed by atoms with Crippen LogP contribution in [0.5, 0.6) is 0 Å². The molecule has 4 amide bonds. The zero-order chi connectivity index (χ0) is 16.7. The number of nitrogens with zero attached hydrogens (tertiary/aromatic N) is 1. The lowest BCUT2D eigenvalue weighted by Gasteiger charge is -2.27. The highest BCUT2D eigenvalue weighted by molar-refractivity contribution is 6.23. The molecule has 8 heteroatoms. The SMILES string of the molecule is O=CC(O)c1ccc2c(c1)C(=O)N(C1CCC(=O)NC1=O)C2=O. The molecule has 2 heterocycles. The van der Waals surface area contributed by atoms with Crippen molar-refractivity contribution in [2.24, 2.45) is 0 Å². The Morgan fingerprint density at radius 3 is 2.52 bits per heavy atom. The number of carbonyl (C=O) groups excluding carboxylic acids is 5. The maximum absolute atomic E-state index is 12.5. The highest BCUT2D eigenvalue weighted by Gasteiger charge is 2.44. The van der Waals surface area contributed by atoms with Crippen LogP contribution in [-0.4, -0.2) is 46.0 Å². The number of aldehydes is 1. The number of imide groups is 2. The lowest BCUT2D eigenvalue weighted by Crippen LogP contribution is -2.54. The van der Waals surface area contributed by atoms with Gasteiger partial charge in [-0.15, -0.1) is 0 Å². The van der Waals surface area contributed by atoms with E-state index in [1.54, 1.807) is 0 Å². The molecule has 2 aliphatic rings. The fourth-order valence-corrected chi connectivity index (χ4v) is 2.75. The molecule has 8 nitrogen and oxygen atoms in total. The van der Waals surface area contributed by atoms with Gasteiger partial charge >= 0.3 is 0 Å². The number of nitrogens with one attached hydrogen (secondary N) is 1. The first-order valence-corrected chi connectivity index (χ1v) is 6.93. The van der Waals surface area contributed by atoms with E-state index in [4.69, 9.17) is 0 Å². The van der Waals surface area contributed by atoms with Crippen LogP contribution < -0.4 is 5.32 Å². The molecule has 0 bridgehead atoms. The zero-order valence-corrected chi connectivity index (χ0v) is 11.8. The molecule has 2 unspecified atom stereocenters. The quantitative estimate of drug-likeness (QED) is 0.563. The fraction of sp³-hybridized carbons (Fsp3) is 0.267. The van der Waals surface area contributed by atoms with Crippen molar-refractivity contribution in [3.8, 4) is 0 Å². The smallest absolute Gasteiger partial charge is 0.262 e. The molecule has 118 valence electrons. The van der Waals surface area contributed by atoms with Gasteiger partial charge in [-0.25, -0.2) is 0 Å². The van der Waals surface area contributed by atoms with E-state index in [0.717, 1.165) is 4.90 Å². The third-order valence-electron chi connectivity index (χ3n) is 3.93. The van der Waals surface area contributed by atoms with E-state index in [0.29, 0.717) is 6.29 Å². The first-order valence-electron chi connectivity index (χ1n) is 6.93. The number of amides is 4. The monoisotopic (exact) mass is 316 g/mol. The average Bonchev–Trinajstić information content (AvgIpc) is 2.78. The molecule has 2 aliphatic heterocycles. The van der Waals surface area contributed by atoms with E-state index >= 15 is 0 Å². The molecule has 0 aromatic heterocycles. The summed E-state index contributed by atoms with van der Waals surface area (Å²) in [7, 11) is 0. The van der Waals surface area contributed by atoms with Crippen LogP contribution >= 0.6 is 0 Å². The molecular formula is C15H12N2O6. The second-order valence-corrected chi connectivity index (χ2v) is 5.33. The van der Waals surface area contributed by atoms with Crippen LogP contribution in [0.25, 0.3) is 0 Å². The average molecular weight is 316 g/mol. The lowest BCUT2D eigenvalue weighted by molar-refractivity contribution is -0.136. The number of piperidine rings is 1. The summed E-state index contributed by atoms with van der Waals surface area (Å²) in [5.74, 6) is -2.45. The topological polar surface area (TPSA) is 121 Å². The Hall–Kier alpha value is -2.87. The van der Waals surface area contributed by atoms with Gasteiger partial charge in [0.25, 0.3) is 11.8 Å². The highest BCUT2D eigenvalue weighted by Crippen LogP contribution is 2.29. The number of aliphatic hydroxyl groups is 1. The van der Waals surface area contributed by atoms with E-state index in [1.165, 1.54) is 18.2 Å². The third-order valence-corrected chi connectivity index (χ3v) is 3.93. The van der Waals surface area contributed by atoms with Crippen molar-refractivity contribution in [1.82, 2.24) is 10.2 Å². The standard InChI is InChI=1S/C15H12N2O6/c18-6-11(19)7-1-2-8-9(5-7)15(23)17(14(8)22)10-3-4-12(20)16-13(10)21/h1-2,5-6,10-11,19H,3-4H2,(H,16,20,21). The summed E-state index contributed by atoms with van der Waals surface area (Å²) in [5.41, 5.74) is 0.310. The molecule has 0 spiro atoms. The molecule has 1 fully saturated rings. The number of rotatable bonds is 3. The van der Waals surface area contributed by atoms with E-state index in [2.05, 4.69) is 5.32 Å². The summed E-state index contributed by atoms with van der Waals surface area (Å²) in [4.78, 5) is 59.4. The van der Waals surface area contributed by atoms with Gasteiger partial charge < -0.3 is 9.90 Å². The first-order chi connectivity index (χ1) is 10.9. The van der Waals surface area contributed by atoms with Crippen LogP contribution in [-0.2, 0) is 14.4 Å². The van der Waals surface area contributed by atoms with Crippen LogP contribution in [0, 0.1) is 0 Å². The molecule has 0 radical (unpaired) electrons. The molecule has 2 N–H and O–H groups in total. The fourth-order valence-electron chi connectivity index (χ4n) is 2.75. The van der Waals surface area contributed by atoms with E-state index in [1.807, 2.05) is 0 Å². The maximum atomic E-state index is 12.5. The van der Waals surface area contributed by atoms with Gasteiger partial charge in [0.05, 0.1) is 11.1 Å². The molecule has 1 aromatic carbocycles. The minimum Gasteiger partial charge on any atom is -0.381 e.